The minimum atomic E-state index is -0.840. The van der Waals surface area contributed by atoms with E-state index in [0.717, 1.165) is 45.0 Å². The Morgan fingerprint density at radius 1 is 1.14 bits per heavy atom. The number of nitrogens with zero attached hydrogens (tertiary/aromatic N) is 4. The van der Waals surface area contributed by atoms with Crippen molar-refractivity contribution < 1.29 is 20.1 Å². The van der Waals surface area contributed by atoms with E-state index in [0.29, 0.717) is 17.4 Å². The second kappa shape index (κ2) is 9.19. The maximum absolute atomic E-state index is 10.2. The number of halogens is 1. The Morgan fingerprint density at radius 3 is 2.57 bits per heavy atom. The number of piperazine rings is 1. The molecule has 9 heteroatoms. The Labute approximate surface area is 170 Å². The molecular formula is C19H29ClN4O4. The van der Waals surface area contributed by atoms with Crippen LogP contribution in [0.3, 0.4) is 0 Å². The summed E-state index contributed by atoms with van der Waals surface area (Å²) in [5.41, 5.74) is 0. The van der Waals surface area contributed by atoms with E-state index < -0.39 is 12.6 Å². The topological polar surface area (TPSA) is 82.9 Å². The molecule has 0 spiro atoms. The second-order valence-electron chi connectivity index (χ2n) is 7.20. The van der Waals surface area contributed by atoms with E-state index in [4.69, 9.17) is 16.3 Å². The van der Waals surface area contributed by atoms with Gasteiger partial charge in [0.05, 0.1) is 6.61 Å². The van der Waals surface area contributed by atoms with Gasteiger partial charge in [0.2, 0.25) is 0 Å². The molecule has 3 N–H and O–H groups in total. The molecule has 2 atom stereocenters. The van der Waals surface area contributed by atoms with Gasteiger partial charge in [-0.2, -0.15) is 0 Å². The first-order valence-electron chi connectivity index (χ1n) is 9.48. The zero-order valence-electron chi connectivity index (χ0n) is 16.3. The van der Waals surface area contributed by atoms with E-state index >= 15 is 0 Å². The van der Waals surface area contributed by atoms with E-state index in [1.807, 2.05) is 7.05 Å². The second-order valence-corrected chi connectivity index (χ2v) is 7.64. The lowest BCUT2D eigenvalue weighted by atomic mass is 10.2. The highest BCUT2D eigenvalue weighted by molar-refractivity contribution is 6.30. The summed E-state index contributed by atoms with van der Waals surface area (Å²) in [6, 6.07) is 4.77. The number of benzene rings is 1. The summed E-state index contributed by atoms with van der Waals surface area (Å²) in [5.74, 6) is 1.36. The van der Waals surface area contributed by atoms with Crippen molar-refractivity contribution >= 4 is 11.6 Å². The number of hydrogen-bond donors (Lipinski definition) is 3. The largest absolute Gasteiger partial charge is 0.504 e. The van der Waals surface area contributed by atoms with Gasteiger partial charge >= 0.3 is 0 Å². The molecular weight excluding hydrogens is 384 g/mol. The fraction of sp³-hybridized carbons (Fsp3) is 0.579. The van der Waals surface area contributed by atoms with E-state index in [1.54, 1.807) is 30.2 Å². The van der Waals surface area contributed by atoms with Crippen LogP contribution in [0.1, 0.15) is 6.42 Å². The summed E-state index contributed by atoms with van der Waals surface area (Å²) >= 11 is 5.92. The first-order chi connectivity index (χ1) is 13.4. The van der Waals surface area contributed by atoms with Gasteiger partial charge in [-0.1, -0.05) is 11.6 Å². The summed E-state index contributed by atoms with van der Waals surface area (Å²) < 4.78 is 5.63. The highest BCUT2D eigenvalue weighted by Crippen LogP contribution is 2.29. The molecule has 2 unspecified atom stereocenters. The highest BCUT2D eigenvalue weighted by Gasteiger charge is 2.32. The molecule has 1 saturated heterocycles. The Bertz CT molecular complexity index is 697. The minimum absolute atomic E-state index is 0.0953. The molecule has 156 valence electrons. The number of phenolic OH excluding ortho intramolecular Hbond substituents is 1. The maximum Gasteiger partial charge on any atom is 0.189 e. The van der Waals surface area contributed by atoms with Crippen molar-refractivity contribution in [3.05, 3.63) is 35.1 Å². The SMILES string of the molecule is CN1C(N2CCN(CCCOc3cc(Cl)ccc3O)CC2)=CC(O)N(C)C1O. The van der Waals surface area contributed by atoms with E-state index in [9.17, 15) is 15.3 Å². The molecule has 0 radical (unpaired) electrons. The van der Waals surface area contributed by atoms with E-state index in [2.05, 4.69) is 9.80 Å². The van der Waals surface area contributed by atoms with Gasteiger partial charge in [0.1, 0.15) is 12.0 Å². The normalized spacial score (nSPS) is 24.4. The van der Waals surface area contributed by atoms with E-state index in [1.165, 1.54) is 11.0 Å². The monoisotopic (exact) mass is 412 g/mol. The third-order valence-electron chi connectivity index (χ3n) is 5.28. The summed E-state index contributed by atoms with van der Waals surface area (Å²) in [6.07, 6.45) is 0.983. The molecule has 2 aliphatic rings. The molecule has 2 aliphatic heterocycles. The van der Waals surface area contributed by atoms with Gasteiger partial charge in [-0.15, -0.1) is 0 Å². The number of rotatable bonds is 6. The van der Waals surface area contributed by atoms with Gasteiger partial charge in [0, 0.05) is 50.9 Å². The standard InChI is InChI=1S/C19H29ClN4O4/c1-21-17(13-18(26)22(2)19(21)27)24-9-7-23(8-10-24)6-3-11-28-16-12-14(20)4-5-15(16)25/h4-5,12-13,18-19,25-27H,3,6-11H2,1-2H3. The van der Waals surface area contributed by atoms with Crippen LogP contribution in [0.5, 0.6) is 11.5 Å². The molecule has 0 amide bonds. The fourth-order valence-electron chi connectivity index (χ4n) is 3.50. The van der Waals surface area contributed by atoms with Crippen LogP contribution in [0, 0.1) is 0 Å². The molecule has 3 rings (SSSR count). The molecule has 0 bridgehead atoms. The molecule has 1 aromatic carbocycles. The third kappa shape index (κ3) is 4.82. The minimum Gasteiger partial charge on any atom is -0.504 e. The molecule has 1 aromatic rings. The van der Waals surface area contributed by atoms with Gasteiger partial charge in [-0.3, -0.25) is 4.90 Å². The van der Waals surface area contributed by atoms with Crippen molar-refractivity contribution in [3.63, 3.8) is 0 Å². The number of likely N-dealkylation sites (N-methyl/N-ethyl adjacent to an activating group) is 1. The first-order valence-corrected chi connectivity index (χ1v) is 9.86. The van der Waals surface area contributed by atoms with Crippen LogP contribution in [-0.4, -0.2) is 101 Å². The lowest BCUT2D eigenvalue weighted by Gasteiger charge is -2.46. The van der Waals surface area contributed by atoms with Gasteiger partial charge in [0.15, 0.2) is 17.9 Å². The van der Waals surface area contributed by atoms with Crippen LogP contribution < -0.4 is 4.74 Å². The van der Waals surface area contributed by atoms with Crippen LogP contribution in [0.2, 0.25) is 5.02 Å². The van der Waals surface area contributed by atoms with Gasteiger partial charge in [-0.25, -0.2) is 4.90 Å². The summed E-state index contributed by atoms with van der Waals surface area (Å²) in [6.45, 7) is 4.86. The molecule has 28 heavy (non-hydrogen) atoms. The molecule has 2 heterocycles. The van der Waals surface area contributed by atoms with Crippen molar-refractivity contribution in [2.45, 2.75) is 19.0 Å². The van der Waals surface area contributed by atoms with Crippen molar-refractivity contribution in [1.29, 1.82) is 0 Å². The van der Waals surface area contributed by atoms with Crippen molar-refractivity contribution in [1.82, 2.24) is 19.6 Å². The predicted molar refractivity (Wildman–Crippen MR) is 107 cm³/mol. The maximum atomic E-state index is 10.2. The fourth-order valence-corrected chi connectivity index (χ4v) is 3.66. The van der Waals surface area contributed by atoms with Gasteiger partial charge in [0.25, 0.3) is 0 Å². The smallest absolute Gasteiger partial charge is 0.189 e. The molecule has 8 nitrogen and oxygen atoms in total. The average molecular weight is 413 g/mol. The highest BCUT2D eigenvalue weighted by atomic mass is 35.5. The Hall–Kier alpha value is -1.71. The van der Waals surface area contributed by atoms with Crippen LogP contribution in [0.4, 0.5) is 0 Å². The average Bonchev–Trinajstić information content (AvgIpc) is 2.69. The van der Waals surface area contributed by atoms with Crippen molar-refractivity contribution in [3.8, 4) is 11.5 Å². The lowest BCUT2D eigenvalue weighted by molar-refractivity contribution is -0.150. The molecule has 0 aromatic heterocycles. The predicted octanol–water partition coefficient (Wildman–Crippen LogP) is 0.745. The Kier molecular flexibility index (Phi) is 6.90. The number of aliphatic hydroxyl groups is 2. The Morgan fingerprint density at radius 2 is 1.86 bits per heavy atom. The van der Waals surface area contributed by atoms with Crippen LogP contribution >= 0.6 is 11.6 Å². The quantitative estimate of drug-likeness (QED) is 0.590. The molecule has 1 fully saturated rings. The number of aromatic hydroxyl groups is 1. The summed E-state index contributed by atoms with van der Waals surface area (Å²) in [5, 5.41) is 30.6. The number of phenols is 1. The third-order valence-corrected chi connectivity index (χ3v) is 5.52. The first kappa shape index (κ1) is 21.0. The van der Waals surface area contributed by atoms with Crippen LogP contribution in [-0.2, 0) is 0 Å². The van der Waals surface area contributed by atoms with Gasteiger partial charge in [-0.05, 0) is 31.7 Å². The van der Waals surface area contributed by atoms with E-state index in [-0.39, 0.29) is 5.75 Å². The zero-order chi connectivity index (χ0) is 20.3. The molecule has 0 aliphatic carbocycles. The zero-order valence-corrected chi connectivity index (χ0v) is 17.1. The number of aliphatic hydroxyl groups excluding tert-OH is 2. The van der Waals surface area contributed by atoms with Crippen LogP contribution in [0.15, 0.2) is 30.1 Å². The number of ether oxygens (including phenoxy) is 1. The molecule has 0 saturated carbocycles. The Balaban J connectivity index is 1.42. The summed E-state index contributed by atoms with van der Waals surface area (Å²) in [4.78, 5) is 7.82. The van der Waals surface area contributed by atoms with Crippen molar-refractivity contribution in [2.75, 3.05) is 53.4 Å². The lowest BCUT2D eigenvalue weighted by Crippen LogP contribution is -2.57. The van der Waals surface area contributed by atoms with Crippen LogP contribution in [0.25, 0.3) is 0 Å². The summed E-state index contributed by atoms with van der Waals surface area (Å²) in [7, 11) is 3.51. The number of hydrogen-bond acceptors (Lipinski definition) is 8. The van der Waals surface area contributed by atoms with Crippen molar-refractivity contribution in [2.24, 2.45) is 0 Å². The van der Waals surface area contributed by atoms with Gasteiger partial charge < -0.3 is 29.9 Å².